The highest BCUT2D eigenvalue weighted by Gasteiger charge is 2.38. The van der Waals surface area contributed by atoms with Crippen molar-refractivity contribution in [3.8, 4) is 5.75 Å². The van der Waals surface area contributed by atoms with Gasteiger partial charge < -0.3 is 24.5 Å². The summed E-state index contributed by atoms with van der Waals surface area (Å²) in [7, 11) is 0. The molecule has 2 atom stereocenters. The Hall–Kier alpha value is -4.04. The van der Waals surface area contributed by atoms with E-state index in [1.54, 1.807) is 48.2 Å². The van der Waals surface area contributed by atoms with Crippen LogP contribution in [-0.4, -0.2) is 53.1 Å². The SMILES string of the molecule is CC(=O)N(c1ccc(Cl)cc1)C1CC(C)N(C(=O)c2ccc(OC3CCN(C(=O)O)CC3)cc2)c2ccccc21. The Kier molecular flexibility index (Phi) is 7.98. The second kappa shape index (κ2) is 11.6. The van der Waals surface area contributed by atoms with E-state index >= 15 is 0 Å². The normalized spacial score (nSPS) is 19.1. The lowest BCUT2D eigenvalue weighted by Gasteiger charge is -2.43. The number of benzene rings is 3. The Morgan fingerprint density at radius 3 is 2.23 bits per heavy atom. The predicted octanol–water partition coefficient (Wildman–Crippen LogP) is 6.39. The van der Waals surface area contributed by atoms with Gasteiger partial charge in [0.25, 0.3) is 5.91 Å². The van der Waals surface area contributed by atoms with E-state index < -0.39 is 6.09 Å². The lowest BCUT2D eigenvalue weighted by molar-refractivity contribution is -0.117. The first-order chi connectivity index (χ1) is 19.2. The number of nitrogens with zero attached hydrogens (tertiary/aromatic N) is 3. The Morgan fingerprint density at radius 2 is 1.60 bits per heavy atom. The maximum Gasteiger partial charge on any atom is 0.407 e. The van der Waals surface area contributed by atoms with Gasteiger partial charge in [0.15, 0.2) is 0 Å². The van der Waals surface area contributed by atoms with Crippen molar-refractivity contribution in [2.45, 2.75) is 51.3 Å². The van der Waals surface area contributed by atoms with E-state index in [1.165, 1.54) is 4.90 Å². The van der Waals surface area contributed by atoms with Crippen molar-refractivity contribution in [3.63, 3.8) is 0 Å². The molecule has 2 unspecified atom stereocenters. The van der Waals surface area contributed by atoms with Crippen LogP contribution in [0.4, 0.5) is 16.2 Å². The van der Waals surface area contributed by atoms with Crippen LogP contribution in [0.1, 0.15) is 55.1 Å². The van der Waals surface area contributed by atoms with E-state index in [2.05, 4.69) is 0 Å². The average molecular weight is 562 g/mol. The molecular weight excluding hydrogens is 530 g/mol. The minimum atomic E-state index is -0.903. The second-order valence-electron chi connectivity index (χ2n) is 10.3. The molecule has 2 heterocycles. The van der Waals surface area contributed by atoms with E-state index in [9.17, 15) is 14.4 Å². The lowest BCUT2D eigenvalue weighted by atomic mass is 9.89. The largest absolute Gasteiger partial charge is 0.490 e. The van der Waals surface area contributed by atoms with E-state index in [-0.39, 0.29) is 30.0 Å². The molecule has 0 aliphatic carbocycles. The van der Waals surface area contributed by atoms with Crippen LogP contribution in [-0.2, 0) is 4.79 Å². The molecule has 0 saturated carbocycles. The summed E-state index contributed by atoms with van der Waals surface area (Å²) in [6.07, 6.45) is 0.863. The van der Waals surface area contributed by atoms with E-state index in [4.69, 9.17) is 21.4 Å². The highest BCUT2D eigenvalue weighted by molar-refractivity contribution is 6.30. The number of likely N-dealkylation sites (tertiary alicyclic amines) is 1. The summed E-state index contributed by atoms with van der Waals surface area (Å²) in [5.74, 6) is 0.441. The summed E-state index contributed by atoms with van der Waals surface area (Å²) in [5.41, 5.74) is 2.98. The summed E-state index contributed by atoms with van der Waals surface area (Å²) < 4.78 is 6.06. The number of ether oxygens (including phenoxy) is 1. The highest BCUT2D eigenvalue weighted by atomic mass is 35.5. The third-order valence-electron chi connectivity index (χ3n) is 7.65. The quantitative estimate of drug-likeness (QED) is 0.389. The van der Waals surface area contributed by atoms with Crippen molar-refractivity contribution in [1.29, 1.82) is 0 Å². The monoisotopic (exact) mass is 561 g/mol. The number of carboxylic acid groups (broad SMARTS) is 1. The number of anilines is 2. The van der Waals surface area contributed by atoms with E-state index in [1.807, 2.05) is 48.2 Å². The molecule has 2 aliphatic heterocycles. The van der Waals surface area contributed by atoms with Gasteiger partial charge in [-0.05, 0) is 73.5 Å². The van der Waals surface area contributed by atoms with Crippen LogP contribution in [0.3, 0.4) is 0 Å². The van der Waals surface area contributed by atoms with Gasteiger partial charge >= 0.3 is 6.09 Å². The third kappa shape index (κ3) is 5.63. The smallest absolute Gasteiger partial charge is 0.407 e. The van der Waals surface area contributed by atoms with Crippen LogP contribution in [0.15, 0.2) is 72.8 Å². The number of carbonyl (C=O) groups excluding carboxylic acids is 2. The van der Waals surface area contributed by atoms with Crippen molar-refractivity contribution in [1.82, 2.24) is 4.90 Å². The first-order valence-electron chi connectivity index (χ1n) is 13.5. The van der Waals surface area contributed by atoms with Gasteiger partial charge in [-0.15, -0.1) is 0 Å². The van der Waals surface area contributed by atoms with Gasteiger partial charge in [0.1, 0.15) is 11.9 Å². The molecule has 9 heteroatoms. The number of hydrogen-bond donors (Lipinski definition) is 1. The van der Waals surface area contributed by atoms with Crippen LogP contribution in [0.2, 0.25) is 5.02 Å². The number of rotatable bonds is 5. The molecule has 40 heavy (non-hydrogen) atoms. The van der Waals surface area contributed by atoms with E-state index in [0.717, 1.165) is 16.9 Å². The summed E-state index contributed by atoms with van der Waals surface area (Å²) in [5, 5.41) is 9.74. The van der Waals surface area contributed by atoms with Gasteiger partial charge in [0.05, 0.1) is 6.04 Å². The van der Waals surface area contributed by atoms with Crippen molar-refractivity contribution in [2.75, 3.05) is 22.9 Å². The number of halogens is 1. The molecule has 1 N–H and O–H groups in total. The van der Waals surface area contributed by atoms with Crippen molar-refractivity contribution >= 4 is 40.9 Å². The summed E-state index contributed by atoms with van der Waals surface area (Å²) >= 11 is 6.10. The molecule has 0 bridgehead atoms. The average Bonchev–Trinajstić information content (AvgIpc) is 2.94. The third-order valence-corrected chi connectivity index (χ3v) is 7.90. The zero-order valence-corrected chi connectivity index (χ0v) is 23.3. The summed E-state index contributed by atoms with van der Waals surface area (Å²) in [6, 6.07) is 21.7. The highest BCUT2D eigenvalue weighted by Crippen LogP contribution is 2.43. The van der Waals surface area contributed by atoms with Gasteiger partial charge in [-0.25, -0.2) is 4.79 Å². The molecule has 5 rings (SSSR count). The van der Waals surface area contributed by atoms with Crippen LogP contribution in [0, 0.1) is 0 Å². The topological polar surface area (TPSA) is 90.4 Å². The first-order valence-corrected chi connectivity index (χ1v) is 13.8. The zero-order chi connectivity index (χ0) is 28.4. The number of piperidine rings is 1. The van der Waals surface area contributed by atoms with E-state index in [0.29, 0.717) is 48.7 Å². The van der Waals surface area contributed by atoms with Gasteiger partial charge in [-0.1, -0.05) is 29.8 Å². The van der Waals surface area contributed by atoms with Crippen LogP contribution < -0.4 is 14.5 Å². The van der Waals surface area contributed by atoms with Crippen molar-refractivity contribution in [3.05, 3.63) is 88.9 Å². The molecule has 3 aromatic rings. The molecule has 8 nitrogen and oxygen atoms in total. The standard InChI is InChI=1S/C31H32ClN3O5/c1-20-19-29(35(21(2)36)24-11-9-23(32)10-12-24)27-5-3-4-6-28(27)34(20)30(37)22-7-13-25(14-8-22)40-26-15-17-33(18-16-26)31(38)39/h3-14,20,26,29H,15-19H2,1-2H3,(H,38,39). The molecule has 1 fully saturated rings. The Bertz CT molecular complexity index is 1390. The van der Waals surface area contributed by atoms with Gasteiger partial charge in [-0.3, -0.25) is 9.59 Å². The van der Waals surface area contributed by atoms with Gasteiger partial charge in [-0.2, -0.15) is 0 Å². The van der Waals surface area contributed by atoms with Crippen molar-refractivity contribution in [2.24, 2.45) is 0 Å². The second-order valence-corrected chi connectivity index (χ2v) is 10.7. The Labute approximate surface area is 238 Å². The lowest BCUT2D eigenvalue weighted by Crippen LogP contribution is -2.47. The molecule has 1 saturated heterocycles. The van der Waals surface area contributed by atoms with Crippen LogP contribution >= 0.6 is 11.6 Å². The predicted molar refractivity (Wildman–Crippen MR) is 154 cm³/mol. The van der Waals surface area contributed by atoms with Crippen molar-refractivity contribution < 1.29 is 24.2 Å². The van der Waals surface area contributed by atoms with Gasteiger partial charge in [0, 0.05) is 60.9 Å². The molecular formula is C31H32ClN3O5. The number of para-hydroxylation sites is 1. The minimum absolute atomic E-state index is 0.0621. The molecule has 0 aromatic heterocycles. The fraction of sp³-hybridized carbons (Fsp3) is 0.323. The van der Waals surface area contributed by atoms with Crippen LogP contribution in [0.5, 0.6) is 5.75 Å². The maximum atomic E-state index is 13.8. The first kappa shape index (κ1) is 27.5. The zero-order valence-electron chi connectivity index (χ0n) is 22.5. The summed E-state index contributed by atoms with van der Waals surface area (Å²) in [6.45, 7) is 4.45. The number of hydrogen-bond acceptors (Lipinski definition) is 4. The molecule has 0 spiro atoms. The molecule has 0 radical (unpaired) electrons. The number of amides is 3. The van der Waals surface area contributed by atoms with Gasteiger partial charge in [0.2, 0.25) is 5.91 Å². The molecule has 3 aromatic carbocycles. The molecule has 208 valence electrons. The molecule has 3 amide bonds. The fourth-order valence-corrected chi connectivity index (χ4v) is 5.82. The Balaban J connectivity index is 1.35. The molecule has 2 aliphatic rings. The maximum absolute atomic E-state index is 13.8. The van der Waals surface area contributed by atoms with Crippen LogP contribution in [0.25, 0.3) is 0 Å². The fourth-order valence-electron chi connectivity index (χ4n) is 5.69. The number of fused-ring (bicyclic) bond motifs is 1. The Morgan fingerprint density at radius 1 is 0.950 bits per heavy atom. The minimum Gasteiger partial charge on any atom is -0.490 e. The number of carbonyl (C=O) groups is 3. The summed E-state index contributed by atoms with van der Waals surface area (Å²) in [4.78, 5) is 42.8.